The molecule has 3 rings (SSSR count). The minimum Gasteiger partial charge on any atom is -0.392 e. The Morgan fingerprint density at radius 1 is 1.36 bits per heavy atom. The highest BCUT2D eigenvalue weighted by atomic mass is 32.1. The van der Waals surface area contributed by atoms with Gasteiger partial charge in [0.1, 0.15) is 0 Å². The number of rotatable bonds is 9. The summed E-state index contributed by atoms with van der Waals surface area (Å²) in [6, 6.07) is 6.61. The van der Waals surface area contributed by atoms with Crippen LogP contribution in [0.3, 0.4) is 0 Å². The van der Waals surface area contributed by atoms with E-state index in [1.54, 1.807) is 11.3 Å². The molecule has 2 N–H and O–H groups in total. The topological polar surface area (TPSA) is 64.2 Å². The first-order valence-electron chi connectivity index (χ1n) is 10.7. The fourth-order valence-corrected chi connectivity index (χ4v) is 5.91. The smallest absolute Gasteiger partial charge is 0.0679 e. The largest absolute Gasteiger partial charge is 0.392 e. The summed E-state index contributed by atoms with van der Waals surface area (Å²) in [6.07, 6.45) is 15.1. The van der Waals surface area contributed by atoms with E-state index in [1.807, 2.05) is 0 Å². The maximum Gasteiger partial charge on any atom is 0.0679 e. The van der Waals surface area contributed by atoms with Gasteiger partial charge in [-0.3, -0.25) is 0 Å². The Bertz CT molecular complexity index is 699. The molecule has 0 spiro atoms. The molecular formula is C24H33NO2S. The Hall–Kier alpha value is -1.41. The molecule has 2 aliphatic carbocycles. The average molecular weight is 400 g/mol. The lowest BCUT2D eigenvalue weighted by Gasteiger charge is -2.45. The van der Waals surface area contributed by atoms with Crippen molar-refractivity contribution in [3.05, 3.63) is 46.7 Å². The van der Waals surface area contributed by atoms with E-state index in [4.69, 9.17) is 0 Å². The third kappa shape index (κ3) is 4.43. The summed E-state index contributed by atoms with van der Waals surface area (Å²) in [5.74, 6) is 0.0728. The summed E-state index contributed by atoms with van der Waals surface area (Å²) in [5, 5.41) is 33.0. The highest BCUT2D eigenvalue weighted by Crippen LogP contribution is 2.49. The van der Waals surface area contributed by atoms with Crippen LogP contribution in [0.1, 0.15) is 63.2 Å². The summed E-state index contributed by atoms with van der Waals surface area (Å²) >= 11 is 1.74. The quantitative estimate of drug-likeness (QED) is 0.549. The van der Waals surface area contributed by atoms with E-state index >= 15 is 0 Å². The lowest BCUT2D eigenvalue weighted by Crippen LogP contribution is -2.44. The number of nitriles is 1. The molecule has 0 bridgehead atoms. The van der Waals surface area contributed by atoms with Gasteiger partial charge in [0.25, 0.3) is 0 Å². The van der Waals surface area contributed by atoms with Crippen molar-refractivity contribution >= 4 is 11.3 Å². The van der Waals surface area contributed by atoms with Gasteiger partial charge in [-0.05, 0) is 55.9 Å². The highest BCUT2D eigenvalue weighted by Gasteiger charge is 2.45. The maximum absolute atomic E-state index is 10.9. The van der Waals surface area contributed by atoms with Gasteiger partial charge in [0.05, 0.1) is 24.2 Å². The minimum atomic E-state index is -0.461. The van der Waals surface area contributed by atoms with Crippen molar-refractivity contribution in [3.63, 3.8) is 0 Å². The first-order chi connectivity index (χ1) is 13.6. The van der Waals surface area contributed by atoms with Gasteiger partial charge in [-0.25, -0.2) is 0 Å². The van der Waals surface area contributed by atoms with Gasteiger partial charge in [-0.15, -0.1) is 11.3 Å². The number of aliphatic hydroxyl groups excluding tert-OH is 2. The van der Waals surface area contributed by atoms with E-state index in [0.29, 0.717) is 12.8 Å². The van der Waals surface area contributed by atoms with Crippen molar-refractivity contribution in [2.45, 2.75) is 75.9 Å². The second-order valence-electron chi connectivity index (χ2n) is 8.44. The van der Waals surface area contributed by atoms with Crippen molar-refractivity contribution in [2.24, 2.45) is 17.8 Å². The van der Waals surface area contributed by atoms with Gasteiger partial charge < -0.3 is 10.2 Å². The van der Waals surface area contributed by atoms with Crippen molar-refractivity contribution in [1.29, 1.82) is 5.26 Å². The van der Waals surface area contributed by atoms with E-state index in [0.717, 1.165) is 32.1 Å². The predicted molar refractivity (Wildman–Crippen MR) is 115 cm³/mol. The van der Waals surface area contributed by atoms with Crippen LogP contribution in [0.5, 0.6) is 0 Å². The molecule has 1 heterocycles. The van der Waals surface area contributed by atoms with Gasteiger partial charge in [0.2, 0.25) is 0 Å². The maximum atomic E-state index is 10.9. The number of hydrogen-bond donors (Lipinski definition) is 2. The molecule has 4 heteroatoms. The van der Waals surface area contributed by atoms with Crippen LogP contribution in [0.25, 0.3) is 0 Å². The van der Waals surface area contributed by atoms with Crippen molar-refractivity contribution in [3.8, 4) is 6.07 Å². The summed E-state index contributed by atoms with van der Waals surface area (Å²) < 4.78 is 0. The van der Waals surface area contributed by atoms with Gasteiger partial charge >= 0.3 is 0 Å². The Labute approximate surface area is 173 Å². The minimum absolute atomic E-state index is 0.00204. The summed E-state index contributed by atoms with van der Waals surface area (Å²) in [5.41, 5.74) is -0.0791. The number of allylic oxidation sites excluding steroid dienone is 2. The third-order valence-electron chi connectivity index (χ3n) is 6.76. The molecule has 28 heavy (non-hydrogen) atoms. The lowest BCUT2D eigenvalue weighted by atomic mass is 9.63. The monoisotopic (exact) mass is 399 g/mol. The van der Waals surface area contributed by atoms with Gasteiger partial charge in [-0.2, -0.15) is 5.26 Å². The summed E-state index contributed by atoms with van der Waals surface area (Å²) in [4.78, 5) is 1.30. The molecule has 2 fully saturated rings. The molecule has 1 aromatic rings. The molecule has 2 aliphatic rings. The van der Waals surface area contributed by atoms with Crippen LogP contribution in [0.15, 0.2) is 41.8 Å². The zero-order valence-electron chi connectivity index (χ0n) is 16.8. The third-order valence-corrected chi connectivity index (χ3v) is 7.85. The molecule has 1 unspecified atom stereocenters. The SMILES string of the molecule is CCC/C=C\C[C@@H]1[C@@H](/C=C/CC(O)C2(c3cccs3)CCC2)[C@H](O)C[C@H]1C#N. The van der Waals surface area contributed by atoms with E-state index < -0.39 is 6.10 Å². The first-order valence-corrected chi connectivity index (χ1v) is 11.6. The Kier molecular flexibility index (Phi) is 7.51. The Morgan fingerprint density at radius 2 is 2.18 bits per heavy atom. The molecule has 152 valence electrons. The van der Waals surface area contributed by atoms with Gasteiger partial charge in [-0.1, -0.05) is 50.1 Å². The van der Waals surface area contributed by atoms with Crippen LogP contribution in [0.2, 0.25) is 0 Å². The number of aliphatic hydroxyl groups is 2. The average Bonchev–Trinajstić information content (AvgIpc) is 3.27. The molecule has 0 aromatic carbocycles. The highest BCUT2D eigenvalue weighted by molar-refractivity contribution is 7.10. The molecule has 5 atom stereocenters. The normalized spacial score (nSPS) is 30.5. The molecule has 0 radical (unpaired) electrons. The van der Waals surface area contributed by atoms with E-state index in [-0.39, 0.29) is 29.3 Å². The van der Waals surface area contributed by atoms with E-state index in [2.05, 4.69) is 54.8 Å². The molecular weight excluding hydrogens is 366 g/mol. The van der Waals surface area contributed by atoms with Crippen LogP contribution in [0, 0.1) is 29.1 Å². The molecule has 0 aliphatic heterocycles. The predicted octanol–water partition coefficient (Wildman–Crippen LogP) is 5.36. The molecule has 3 nitrogen and oxygen atoms in total. The number of unbranched alkanes of at least 4 members (excludes halogenated alkanes) is 1. The fraction of sp³-hybridized carbons (Fsp3) is 0.625. The molecule has 1 aromatic heterocycles. The van der Waals surface area contributed by atoms with E-state index in [1.165, 1.54) is 11.3 Å². The second-order valence-corrected chi connectivity index (χ2v) is 9.39. The van der Waals surface area contributed by atoms with Crippen molar-refractivity contribution in [2.75, 3.05) is 0 Å². The Balaban J connectivity index is 1.63. The van der Waals surface area contributed by atoms with Crippen LogP contribution in [-0.4, -0.2) is 22.4 Å². The Morgan fingerprint density at radius 3 is 2.79 bits per heavy atom. The zero-order chi connectivity index (χ0) is 20.0. The lowest BCUT2D eigenvalue weighted by molar-refractivity contribution is 0.0326. The number of hydrogen-bond acceptors (Lipinski definition) is 4. The second kappa shape index (κ2) is 9.87. The van der Waals surface area contributed by atoms with Crippen LogP contribution in [-0.2, 0) is 5.41 Å². The van der Waals surface area contributed by atoms with Gasteiger partial charge in [0.15, 0.2) is 0 Å². The standard InChI is InChI=1S/C24H33NO2S/c1-2-3-4-5-9-19-18(17-25)16-21(26)20(19)10-6-11-22(27)24(13-8-14-24)23-12-7-15-28-23/h4-7,10,12,15,18-22,26-27H,2-3,8-9,11,13-14,16H2,1H3/b5-4-,10-6+/t18-,19-,20+,21+,22?/m0/s1. The van der Waals surface area contributed by atoms with E-state index in [9.17, 15) is 15.5 Å². The van der Waals surface area contributed by atoms with Crippen LogP contribution >= 0.6 is 11.3 Å². The number of nitrogens with zero attached hydrogens (tertiary/aromatic N) is 1. The fourth-order valence-electron chi connectivity index (χ4n) is 4.88. The summed E-state index contributed by atoms with van der Waals surface area (Å²) in [7, 11) is 0. The molecule has 0 saturated heterocycles. The van der Waals surface area contributed by atoms with Crippen LogP contribution < -0.4 is 0 Å². The van der Waals surface area contributed by atoms with Crippen molar-refractivity contribution < 1.29 is 10.2 Å². The first kappa shape index (κ1) is 21.3. The molecule has 0 amide bonds. The number of thiophene rings is 1. The molecule has 2 saturated carbocycles. The zero-order valence-corrected chi connectivity index (χ0v) is 17.7. The van der Waals surface area contributed by atoms with Gasteiger partial charge in [0, 0.05) is 16.2 Å². The summed E-state index contributed by atoms with van der Waals surface area (Å²) in [6.45, 7) is 2.16. The van der Waals surface area contributed by atoms with Crippen LogP contribution in [0.4, 0.5) is 0 Å². The van der Waals surface area contributed by atoms with Crippen molar-refractivity contribution in [1.82, 2.24) is 0 Å².